The van der Waals surface area contributed by atoms with Crippen molar-refractivity contribution >= 4 is 11.7 Å². The fourth-order valence-electron chi connectivity index (χ4n) is 2.49. The molecule has 0 aliphatic rings. The Balaban J connectivity index is 2.55. The quantitative estimate of drug-likeness (QED) is 0.868. The number of carbonyl (C=O) groups is 1. The fourth-order valence-corrected chi connectivity index (χ4v) is 2.49. The summed E-state index contributed by atoms with van der Waals surface area (Å²) >= 11 is 0. The van der Waals surface area contributed by atoms with Gasteiger partial charge in [0.2, 0.25) is 0 Å². The van der Waals surface area contributed by atoms with E-state index in [1.807, 2.05) is 49.4 Å². The summed E-state index contributed by atoms with van der Waals surface area (Å²) in [6, 6.07) is 14.3. The lowest BCUT2D eigenvalue weighted by Gasteiger charge is -2.18. The molecule has 0 aliphatic carbocycles. The van der Waals surface area contributed by atoms with E-state index < -0.39 is 5.97 Å². The number of anilines is 1. The molecule has 0 saturated carbocycles. The zero-order valence-corrected chi connectivity index (χ0v) is 12.7. The molecule has 110 valence electrons. The van der Waals surface area contributed by atoms with Gasteiger partial charge in [0.1, 0.15) is 0 Å². The molecular formula is C18H21NO2. The molecule has 2 rings (SSSR count). The molecule has 0 unspecified atom stereocenters. The van der Waals surface area contributed by atoms with Crippen LogP contribution in [-0.2, 0) is 11.2 Å². The van der Waals surface area contributed by atoms with Crippen LogP contribution in [0.1, 0.15) is 25.0 Å². The largest absolute Gasteiger partial charge is 0.481 e. The lowest BCUT2D eigenvalue weighted by molar-refractivity contribution is -0.136. The van der Waals surface area contributed by atoms with Crippen molar-refractivity contribution in [2.75, 3.05) is 5.32 Å². The Labute approximate surface area is 125 Å². The first-order valence-corrected chi connectivity index (χ1v) is 7.15. The molecule has 21 heavy (non-hydrogen) atoms. The molecule has 0 bridgehead atoms. The van der Waals surface area contributed by atoms with Crippen LogP contribution in [0.3, 0.4) is 0 Å². The van der Waals surface area contributed by atoms with E-state index in [-0.39, 0.29) is 6.42 Å². The number of carboxylic acids is 1. The van der Waals surface area contributed by atoms with Gasteiger partial charge in [-0.05, 0) is 49.1 Å². The molecule has 0 aliphatic heterocycles. The van der Waals surface area contributed by atoms with Gasteiger partial charge >= 0.3 is 5.97 Å². The summed E-state index contributed by atoms with van der Waals surface area (Å²) in [7, 11) is 0. The normalized spacial score (nSPS) is 10.7. The summed E-state index contributed by atoms with van der Waals surface area (Å²) in [5.74, 6) is -0.808. The summed E-state index contributed by atoms with van der Waals surface area (Å²) in [6.07, 6.45) is 0.0314. The van der Waals surface area contributed by atoms with Crippen molar-refractivity contribution in [2.45, 2.75) is 33.2 Å². The molecule has 0 atom stereocenters. The molecular weight excluding hydrogens is 262 g/mol. The van der Waals surface area contributed by atoms with Crippen molar-refractivity contribution in [3.05, 3.63) is 53.6 Å². The predicted octanol–water partition coefficient (Wildman–Crippen LogP) is 4.11. The van der Waals surface area contributed by atoms with Crippen LogP contribution in [0.5, 0.6) is 0 Å². The molecule has 3 heteroatoms. The minimum atomic E-state index is -0.808. The van der Waals surface area contributed by atoms with E-state index in [0.717, 1.165) is 27.9 Å². The lowest BCUT2D eigenvalue weighted by Crippen LogP contribution is -2.13. The van der Waals surface area contributed by atoms with Crippen LogP contribution in [0.15, 0.2) is 42.5 Å². The smallest absolute Gasteiger partial charge is 0.307 e. The van der Waals surface area contributed by atoms with Gasteiger partial charge in [0.25, 0.3) is 0 Å². The van der Waals surface area contributed by atoms with Crippen molar-refractivity contribution in [3.8, 4) is 11.1 Å². The van der Waals surface area contributed by atoms with Crippen LogP contribution in [-0.4, -0.2) is 17.1 Å². The SMILES string of the molecule is Cc1c(NC(C)C)ccc(-c2ccccc2)c1CC(=O)O. The Kier molecular flexibility index (Phi) is 4.63. The summed E-state index contributed by atoms with van der Waals surface area (Å²) in [4.78, 5) is 11.2. The topological polar surface area (TPSA) is 49.3 Å². The molecule has 0 saturated heterocycles. The molecule has 0 amide bonds. The highest BCUT2D eigenvalue weighted by Crippen LogP contribution is 2.31. The minimum absolute atomic E-state index is 0.0314. The number of aliphatic carboxylic acids is 1. The number of benzene rings is 2. The van der Waals surface area contributed by atoms with Gasteiger partial charge in [0.15, 0.2) is 0 Å². The van der Waals surface area contributed by atoms with Crippen molar-refractivity contribution in [1.29, 1.82) is 0 Å². The van der Waals surface area contributed by atoms with E-state index in [4.69, 9.17) is 0 Å². The molecule has 2 aromatic carbocycles. The Morgan fingerprint density at radius 1 is 1.14 bits per heavy atom. The summed E-state index contributed by atoms with van der Waals surface area (Å²) in [5, 5.41) is 12.6. The van der Waals surface area contributed by atoms with E-state index in [0.29, 0.717) is 6.04 Å². The first kappa shape index (κ1) is 15.1. The van der Waals surface area contributed by atoms with Crippen molar-refractivity contribution in [1.82, 2.24) is 0 Å². The minimum Gasteiger partial charge on any atom is -0.481 e. The van der Waals surface area contributed by atoms with Crippen LogP contribution in [0.4, 0.5) is 5.69 Å². The second-order valence-electron chi connectivity index (χ2n) is 5.50. The van der Waals surface area contributed by atoms with Gasteiger partial charge < -0.3 is 10.4 Å². The highest BCUT2D eigenvalue weighted by Gasteiger charge is 2.14. The monoisotopic (exact) mass is 283 g/mol. The second kappa shape index (κ2) is 6.44. The van der Waals surface area contributed by atoms with Gasteiger partial charge in [-0.1, -0.05) is 36.4 Å². The Morgan fingerprint density at radius 2 is 1.81 bits per heavy atom. The zero-order valence-electron chi connectivity index (χ0n) is 12.7. The van der Waals surface area contributed by atoms with Crippen LogP contribution in [0.25, 0.3) is 11.1 Å². The van der Waals surface area contributed by atoms with Gasteiger partial charge in [0, 0.05) is 11.7 Å². The van der Waals surface area contributed by atoms with E-state index >= 15 is 0 Å². The first-order chi connectivity index (χ1) is 9.99. The van der Waals surface area contributed by atoms with Crippen LogP contribution in [0, 0.1) is 6.92 Å². The van der Waals surface area contributed by atoms with Gasteiger partial charge in [0.05, 0.1) is 6.42 Å². The third-order valence-electron chi connectivity index (χ3n) is 3.46. The van der Waals surface area contributed by atoms with Gasteiger partial charge in [-0.15, -0.1) is 0 Å². The highest BCUT2D eigenvalue weighted by molar-refractivity contribution is 5.80. The maximum absolute atomic E-state index is 11.2. The van der Waals surface area contributed by atoms with E-state index in [2.05, 4.69) is 19.2 Å². The van der Waals surface area contributed by atoms with E-state index in [1.165, 1.54) is 0 Å². The molecule has 0 fully saturated rings. The molecule has 3 nitrogen and oxygen atoms in total. The number of nitrogens with one attached hydrogen (secondary N) is 1. The molecule has 0 radical (unpaired) electrons. The average Bonchev–Trinajstić information content (AvgIpc) is 2.43. The molecule has 2 aromatic rings. The van der Waals surface area contributed by atoms with Gasteiger partial charge in [-0.3, -0.25) is 4.79 Å². The van der Waals surface area contributed by atoms with E-state index in [9.17, 15) is 9.90 Å². The molecule has 0 heterocycles. The zero-order chi connectivity index (χ0) is 15.4. The molecule has 2 N–H and O–H groups in total. The number of hydrogen-bond acceptors (Lipinski definition) is 2. The Morgan fingerprint density at radius 3 is 2.38 bits per heavy atom. The first-order valence-electron chi connectivity index (χ1n) is 7.15. The Bertz CT molecular complexity index is 633. The standard InChI is InChI=1S/C18H21NO2/c1-12(2)19-17-10-9-15(14-7-5-4-6-8-14)16(13(17)3)11-18(20)21/h4-10,12,19H,11H2,1-3H3,(H,20,21). The highest BCUT2D eigenvalue weighted by atomic mass is 16.4. The van der Waals surface area contributed by atoms with E-state index in [1.54, 1.807) is 0 Å². The summed E-state index contributed by atoms with van der Waals surface area (Å²) in [5.41, 5.74) is 4.92. The summed E-state index contributed by atoms with van der Waals surface area (Å²) < 4.78 is 0. The van der Waals surface area contributed by atoms with Crippen LogP contribution >= 0.6 is 0 Å². The van der Waals surface area contributed by atoms with Crippen molar-refractivity contribution < 1.29 is 9.90 Å². The van der Waals surface area contributed by atoms with Crippen LogP contribution < -0.4 is 5.32 Å². The number of rotatable bonds is 5. The number of hydrogen-bond donors (Lipinski definition) is 2. The molecule has 0 aromatic heterocycles. The summed E-state index contributed by atoms with van der Waals surface area (Å²) in [6.45, 7) is 6.12. The van der Waals surface area contributed by atoms with Crippen molar-refractivity contribution in [3.63, 3.8) is 0 Å². The van der Waals surface area contributed by atoms with Crippen molar-refractivity contribution in [2.24, 2.45) is 0 Å². The molecule has 0 spiro atoms. The second-order valence-corrected chi connectivity index (χ2v) is 5.50. The third-order valence-corrected chi connectivity index (χ3v) is 3.46. The maximum Gasteiger partial charge on any atom is 0.307 e. The fraction of sp³-hybridized carbons (Fsp3) is 0.278. The van der Waals surface area contributed by atoms with Gasteiger partial charge in [-0.2, -0.15) is 0 Å². The Hall–Kier alpha value is -2.29. The predicted molar refractivity (Wildman–Crippen MR) is 86.7 cm³/mol. The average molecular weight is 283 g/mol. The number of carboxylic acid groups (broad SMARTS) is 1. The van der Waals surface area contributed by atoms with Crippen LogP contribution in [0.2, 0.25) is 0 Å². The lowest BCUT2D eigenvalue weighted by atomic mass is 9.92. The third kappa shape index (κ3) is 3.63. The maximum atomic E-state index is 11.2. The van der Waals surface area contributed by atoms with Gasteiger partial charge in [-0.25, -0.2) is 0 Å².